The number of sulfonamides is 1. The molecule has 1 heterocycles. The number of piperidine rings is 1. The van der Waals surface area contributed by atoms with Gasteiger partial charge in [-0.05, 0) is 56.5 Å². The van der Waals surface area contributed by atoms with Crippen LogP contribution in [-0.4, -0.2) is 38.8 Å². The van der Waals surface area contributed by atoms with E-state index in [9.17, 15) is 13.2 Å². The van der Waals surface area contributed by atoms with Gasteiger partial charge in [-0.2, -0.15) is 4.31 Å². The Hall–Kier alpha value is -2.38. The number of nitrogens with one attached hydrogen (secondary N) is 1. The van der Waals surface area contributed by atoms with E-state index >= 15 is 0 Å². The second-order valence-electron chi connectivity index (χ2n) is 7.21. The molecule has 1 aliphatic rings. The van der Waals surface area contributed by atoms with Gasteiger partial charge in [0, 0.05) is 18.8 Å². The number of rotatable bonds is 5. The van der Waals surface area contributed by atoms with Crippen LogP contribution in [0.15, 0.2) is 47.4 Å². The highest BCUT2D eigenvalue weighted by molar-refractivity contribution is 7.89. The summed E-state index contributed by atoms with van der Waals surface area (Å²) in [4.78, 5) is 12.8. The van der Waals surface area contributed by atoms with Crippen LogP contribution in [0.4, 0.5) is 5.69 Å². The van der Waals surface area contributed by atoms with Gasteiger partial charge in [-0.25, -0.2) is 8.42 Å². The van der Waals surface area contributed by atoms with Crippen LogP contribution in [-0.2, 0) is 14.8 Å². The van der Waals surface area contributed by atoms with Crippen LogP contribution in [0.1, 0.15) is 24.0 Å². The van der Waals surface area contributed by atoms with E-state index in [0.29, 0.717) is 25.1 Å². The molecular weight excluding hydrogens is 376 g/mol. The average molecular weight is 403 g/mol. The van der Waals surface area contributed by atoms with E-state index in [1.807, 2.05) is 44.2 Å². The topological polar surface area (TPSA) is 75.7 Å². The first kappa shape index (κ1) is 20.4. The lowest BCUT2D eigenvalue weighted by molar-refractivity contribution is -0.120. The number of carbonyl (C=O) groups is 1. The first-order valence-electron chi connectivity index (χ1n) is 9.33. The SMILES string of the molecule is COc1ccc(C)cc1S(=O)(=O)N1CCCC(C(=O)Nc2ccc(C)cc2)C1. The number of aryl methyl sites for hydroxylation is 2. The van der Waals surface area contributed by atoms with Crippen LogP contribution in [0, 0.1) is 19.8 Å². The van der Waals surface area contributed by atoms with E-state index < -0.39 is 10.0 Å². The predicted molar refractivity (Wildman–Crippen MR) is 109 cm³/mol. The van der Waals surface area contributed by atoms with E-state index in [0.717, 1.165) is 16.8 Å². The summed E-state index contributed by atoms with van der Waals surface area (Å²) >= 11 is 0. The minimum Gasteiger partial charge on any atom is -0.495 e. The Morgan fingerprint density at radius 1 is 1.11 bits per heavy atom. The molecule has 28 heavy (non-hydrogen) atoms. The van der Waals surface area contributed by atoms with Crippen molar-refractivity contribution in [3.63, 3.8) is 0 Å². The molecule has 2 aromatic carbocycles. The summed E-state index contributed by atoms with van der Waals surface area (Å²) < 4.78 is 33.0. The predicted octanol–water partition coefficient (Wildman–Crippen LogP) is 3.35. The van der Waals surface area contributed by atoms with E-state index in [1.54, 1.807) is 12.1 Å². The fraction of sp³-hybridized carbons (Fsp3) is 0.381. The van der Waals surface area contributed by atoms with Crippen molar-refractivity contribution in [3.8, 4) is 5.75 Å². The molecule has 0 aromatic heterocycles. The molecular formula is C21H26N2O4S. The summed E-state index contributed by atoms with van der Waals surface area (Å²) in [5, 5.41) is 2.90. The first-order valence-corrected chi connectivity index (χ1v) is 10.8. The zero-order valence-electron chi connectivity index (χ0n) is 16.4. The molecule has 7 heteroatoms. The van der Waals surface area contributed by atoms with Gasteiger partial charge >= 0.3 is 0 Å². The molecule has 1 N–H and O–H groups in total. The molecule has 0 bridgehead atoms. The van der Waals surface area contributed by atoms with Gasteiger partial charge in [-0.15, -0.1) is 0 Å². The zero-order chi connectivity index (χ0) is 20.3. The van der Waals surface area contributed by atoms with Gasteiger partial charge in [0.05, 0.1) is 13.0 Å². The molecule has 1 aliphatic heterocycles. The summed E-state index contributed by atoms with van der Waals surface area (Å²) in [6.45, 7) is 4.38. The third kappa shape index (κ3) is 4.36. The Morgan fingerprint density at radius 2 is 1.79 bits per heavy atom. The number of methoxy groups -OCH3 is 1. The highest BCUT2D eigenvalue weighted by atomic mass is 32.2. The highest BCUT2D eigenvalue weighted by Gasteiger charge is 2.34. The zero-order valence-corrected chi connectivity index (χ0v) is 17.3. The summed E-state index contributed by atoms with van der Waals surface area (Å²) in [5.74, 6) is -0.225. The van der Waals surface area contributed by atoms with Crippen molar-refractivity contribution >= 4 is 21.6 Å². The maximum absolute atomic E-state index is 13.2. The van der Waals surface area contributed by atoms with Gasteiger partial charge in [-0.1, -0.05) is 23.8 Å². The van der Waals surface area contributed by atoms with Gasteiger partial charge in [0.1, 0.15) is 10.6 Å². The number of nitrogens with zero attached hydrogens (tertiary/aromatic N) is 1. The van der Waals surface area contributed by atoms with Crippen LogP contribution in [0.2, 0.25) is 0 Å². The molecule has 150 valence electrons. The fourth-order valence-corrected chi connectivity index (χ4v) is 5.14. The molecule has 3 rings (SSSR count). The van der Waals surface area contributed by atoms with Crippen LogP contribution < -0.4 is 10.1 Å². The van der Waals surface area contributed by atoms with Crippen LogP contribution >= 0.6 is 0 Å². The Balaban J connectivity index is 1.78. The van der Waals surface area contributed by atoms with Crippen LogP contribution in [0.25, 0.3) is 0 Å². The molecule has 2 aromatic rings. The number of benzene rings is 2. The molecule has 6 nitrogen and oxygen atoms in total. The fourth-order valence-electron chi connectivity index (χ4n) is 3.38. The smallest absolute Gasteiger partial charge is 0.246 e. The van der Waals surface area contributed by atoms with Crippen molar-refractivity contribution in [2.75, 3.05) is 25.5 Å². The molecule has 1 amide bonds. The Morgan fingerprint density at radius 3 is 2.46 bits per heavy atom. The Bertz CT molecular complexity index is 955. The number of hydrogen-bond donors (Lipinski definition) is 1. The van der Waals surface area contributed by atoms with Crippen molar-refractivity contribution in [1.82, 2.24) is 4.31 Å². The molecule has 1 unspecified atom stereocenters. The van der Waals surface area contributed by atoms with E-state index in [2.05, 4.69) is 5.32 Å². The molecule has 1 saturated heterocycles. The number of hydrogen-bond acceptors (Lipinski definition) is 4. The van der Waals surface area contributed by atoms with Crippen molar-refractivity contribution < 1.29 is 17.9 Å². The third-order valence-electron chi connectivity index (χ3n) is 5.01. The monoisotopic (exact) mass is 402 g/mol. The summed E-state index contributed by atoms with van der Waals surface area (Å²) in [6, 6.07) is 12.6. The van der Waals surface area contributed by atoms with Crippen molar-refractivity contribution in [1.29, 1.82) is 0 Å². The van der Waals surface area contributed by atoms with Gasteiger partial charge in [0.15, 0.2) is 0 Å². The normalized spacial score (nSPS) is 17.9. The summed E-state index contributed by atoms with van der Waals surface area (Å²) in [6.07, 6.45) is 1.30. The highest BCUT2D eigenvalue weighted by Crippen LogP contribution is 2.31. The molecule has 0 aliphatic carbocycles. The largest absolute Gasteiger partial charge is 0.495 e. The lowest BCUT2D eigenvalue weighted by Crippen LogP contribution is -2.43. The van der Waals surface area contributed by atoms with Crippen molar-refractivity contribution in [2.45, 2.75) is 31.6 Å². The van der Waals surface area contributed by atoms with Crippen molar-refractivity contribution in [3.05, 3.63) is 53.6 Å². The van der Waals surface area contributed by atoms with E-state index in [-0.39, 0.29) is 23.3 Å². The summed E-state index contributed by atoms with van der Waals surface area (Å²) in [5.41, 5.74) is 2.67. The lowest BCUT2D eigenvalue weighted by Gasteiger charge is -2.31. The minimum absolute atomic E-state index is 0.148. The maximum Gasteiger partial charge on any atom is 0.246 e. The quantitative estimate of drug-likeness (QED) is 0.832. The second-order valence-corrected chi connectivity index (χ2v) is 9.12. The van der Waals surface area contributed by atoms with Gasteiger partial charge in [0.25, 0.3) is 0 Å². The number of amides is 1. The first-order chi connectivity index (χ1) is 13.3. The molecule has 0 spiro atoms. The maximum atomic E-state index is 13.2. The average Bonchev–Trinajstić information content (AvgIpc) is 2.69. The molecule has 0 saturated carbocycles. The summed E-state index contributed by atoms with van der Waals surface area (Å²) in [7, 11) is -2.29. The Labute approximate surface area is 166 Å². The van der Waals surface area contributed by atoms with Crippen molar-refractivity contribution in [2.24, 2.45) is 5.92 Å². The molecule has 1 fully saturated rings. The molecule has 0 radical (unpaired) electrons. The van der Waals surface area contributed by atoms with E-state index in [4.69, 9.17) is 4.74 Å². The molecule has 1 atom stereocenters. The standard InChI is InChI=1S/C21H26N2O4S/c1-15-6-9-18(10-7-15)22-21(24)17-5-4-12-23(14-17)28(25,26)20-13-16(2)8-11-19(20)27-3/h6-11,13,17H,4-5,12,14H2,1-3H3,(H,22,24). The number of ether oxygens (including phenoxy) is 1. The van der Waals surface area contributed by atoms with Gasteiger partial charge in [-0.3, -0.25) is 4.79 Å². The Kier molecular flexibility index (Phi) is 6.05. The number of anilines is 1. The van der Waals surface area contributed by atoms with Gasteiger partial charge in [0.2, 0.25) is 15.9 Å². The van der Waals surface area contributed by atoms with Crippen LogP contribution in [0.5, 0.6) is 5.75 Å². The second kappa shape index (κ2) is 8.32. The van der Waals surface area contributed by atoms with E-state index in [1.165, 1.54) is 11.4 Å². The lowest BCUT2D eigenvalue weighted by atomic mass is 9.98. The minimum atomic E-state index is -3.74. The van der Waals surface area contributed by atoms with Gasteiger partial charge < -0.3 is 10.1 Å². The third-order valence-corrected chi connectivity index (χ3v) is 6.90. The number of carbonyl (C=O) groups excluding carboxylic acids is 1. The van der Waals surface area contributed by atoms with Crippen LogP contribution in [0.3, 0.4) is 0 Å².